The smallest absolute Gasteiger partial charge is 0.00204 e. The first kappa shape index (κ1) is 17.0. The van der Waals surface area contributed by atoms with Crippen molar-refractivity contribution in [3.63, 3.8) is 0 Å². The highest BCUT2D eigenvalue weighted by molar-refractivity contribution is 4.64. The van der Waals surface area contributed by atoms with E-state index in [1.165, 1.54) is 64.5 Å². The van der Waals surface area contributed by atoms with Gasteiger partial charge in [0.2, 0.25) is 0 Å². The summed E-state index contributed by atoms with van der Waals surface area (Å²) >= 11 is 0. The van der Waals surface area contributed by atoms with Crippen LogP contribution in [0.3, 0.4) is 0 Å². The minimum atomic E-state index is 0.852. The summed E-state index contributed by atoms with van der Waals surface area (Å²) in [6, 6.07) is 0. The molecule has 1 nitrogen and oxygen atoms in total. The number of nitrogens with one attached hydrogen (secondary N) is 1. The fraction of sp³-hybridized carbons (Fsp3) is 1.00. The lowest BCUT2D eigenvalue weighted by atomic mass is 9.97. The van der Waals surface area contributed by atoms with E-state index in [2.05, 4.69) is 33.0 Å². The fourth-order valence-electron chi connectivity index (χ4n) is 2.54. The van der Waals surface area contributed by atoms with Crippen LogP contribution in [-0.4, -0.2) is 13.1 Å². The molecule has 17 heavy (non-hydrogen) atoms. The van der Waals surface area contributed by atoms with Crippen LogP contribution in [0.5, 0.6) is 0 Å². The van der Waals surface area contributed by atoms with Crippen molar-refractivity contribution >= 4 is 0 Å². The monoisotopic (exact) mass is 241 g/mol. The van der Waals surface area contributed by atoms with E-state index in [0.717, 1.165) is 11.8 Å². The second kappa shape index (κ2) is 12.4. The van der Waals surface area contributed by atoms with Crippen molar-refractivity contribution in [2.45, 2.75) is 79.1 Å². The second-order valence-electron chi connectivity index (χ2n) is 5.70. The van der Waals surface area contributed by atoms with Gasteiger partial charge in [-0.1, -0.05) is 59.8 Å². The normalized spacial score (nSPS) is 13.2. The fourth-order valence-corrected chi connectivity index (χ4v) is 2.54. The Morgan fingerprint density at radius 2 is 1.41 bits per heavy atom. The first-order valence-electron chi connectivity index (χ1n) is 7.95. The van der Waals surface area contributed by atoms with Crippen LogP contribution < -0.4 is 5.32 Å². The Balaban J connectivity index is 3.50. The average Bonchev–Trinajstić information content (AvgIpc) is 2.30. The zero-order valence-corrected chi connectivity index (χ0v) is 12.7. The van der Waals surface area contributed by atoms with E-state index >= 15 is 0 Å². The van der Waals surface area contributed by atoms with Crippen LogP contribution >= 0.6 is 0 Å². The van der Waals surface area contributed by atoms with Crippen LogP contribution in [0, 0.1) is 11.8 Å². The zero-order valence-electron chi connectivity index (χ0n) is 12.7. The van der Waals surface area contributed by atoms with Gasteiger partial charge in [0.05, 0.1) is 0 Å². The third-order valence-corrected chi connectivity index (χ3v) is 3.62. The van der Waals surface area contributed by atoms with Gasteiger partial charge in [-0.3, -0.25) is 0 Å². The third kappa shape index (κ3) is 10.8. The molecule has 0 heterocycles. The molecular formula is C16H35N. The van der Waals surface area contributed by atoms with Crippen LogP contribution in [0.4, 0.5) is 0 Å². The Labute approximate surface area is 110 Å². The van der Waals surface area contributed by atoms with Crippen molar-refractivity contribution in [3.8, 4) is 0 Å². The first-order valence-corrected chi connectivity index (χ1v) is 7.95. The summed E-state index contributed by atoms with van der Waals surface area (Å²) in [7, 11) is 0. The second-order valence-corrected chi connectivity index (χ2v) is 5.70. The maximum Gasteiger partial charge on any atom is -0.00204 e. The molecule has 1 N–H and O–H groups in total. The Morgan fingerprint density at radius 1 is 0.765 bits per heavy atom. The maximum absolute atomic E-state index is 3.68. The summed E-state index contributed by atoms with van der Waals surface area (Å²) in [6.07, 6.45) is 11.0. The lowest BCUT2D eigenvalue weighted by Gasteiger charge is -2.18. The molecule has 0 aliphatic carbocycles. The Morgan fingerprint density at radius 3 is 1.94 bits per heavy atom. The Hall–Kier alpha value is -0.0400. The Bertz CT molecular complexity index is 138. The largest absolute Gasteiger partial charge is 0.316 e. The predicted molar refractivity (Wildman–Crippen MR) is 79.5 cm³/mol. The van der Waals surface area contributed by atoms with Gasteiger partial charge in [-0.05, 0) is 44.2 Å². The molecular weight excluding hydrogens is 206 g/mol. The quantitative estimate of drug-likeness (QED) is 0.474. The van der Waals surface area contributed by atoms with Crippen molar-refractivity contribution in [1.82, 2.24) is 5.32 Å². The zero-order chi connectivity index (χ0) is 12.9. The molecule has 0 aliphatic rings. The topological polar surface area (TPSA) is 12.0 Å². The first-order chi connectivity index (χ1) is 8.24. The molecule has 0 spiro atoms. The highest BCUT2D eigenvalue weighted by atomic mass is 14.9. The summed E-state index contributed by atoms with van der Waals surface area (Å²) in [6.45, 7) is 11.7. The molecule has 0 aromatic heterocycles. The average molecular weight is 241 g/mol. The predicted octanol–water partition coefficient (Wildman–Crippen LogP) is 5.01. The lowest BCUT2D eigenvalue weighted by Crippen LogP contribution is -2.27. The molecule has 0 saturated heterocycles. The highest BCUT2D eigenvalue weighted by Gasteiger charge is 2.07. The molecule has 0 rings (SSSR count). The van der Waals surface area contributed by atoms with Crippen molar-refractivity contribution in [3.05, 3.63) is 0 Å². The van der Waals surface area contributed by atoms with Gasteiger partial charge in [0, 0.05) is 0 Å². The van der Waals surface area contributed by atoms with Crippen molar-refractivity contribution < 1.29 is 0 Å². The van der Waals surface area contributed by atoms with Crippen LogP contribution in [0.1, 0.15) is 79.1 Å². The van der Waals surface area contributed by atoms with E-state index < -0.39 is 0 Å². The molecule has 0 fully saturated rings. The minimum Gasteiger partial charge on any atom is -0.316 e. The molecule has 104 valence electrons. The minimum absolute atomic E-state index is 0.852. The molecule has 0 saturated carbocycles. The van der Waals surface area contributed by atoms with Crippen LogP contribution in [0.25, 0.3) is 0 Å². The summed E-state index contributed by atoms with van der Waals surface area (Å²) < 4.78 is 0. The van der Waals surface area contributed by atoms with Crippen molar-refractivity contribution in [2.75, 3.05) is 13.1 Å². The number of unbranched alkanes of at least 4 members (excludes halogenated alkanes) is 2. The summed E-state index contributed by atoms with van der Waals surface area (Å²) in [4.78, 5) is 0. The summed E-state index contributed by atoms with van der Waals surface area (Å²) in [5, 5.41) is 3.68. The molecule has 0 amide bonds. The van der Waals surface area contributed by atoms with E-state index in [9.17, 15) is 0 Å². The molecule has 1 atom stereocenters. The summed E-state index contributed by atoms with van der Waals surface area (Å²) in [5.74, 6) is 1.76. The molecule has 1 unspecified atom stereocenters. The third-order valence-electron chi connectivity index (χ3n) is 3.62. The van der Waals surface area contributed by atoms with E-state index in [1.807, 2.05) is 0 Å². The SMILES string of the molecule is CCCCCC(C)CNCC(CCC)CCC. The van der Waals surface area contributed by atoms with Crippen LogP contribution in [0.2, 0.25) is 0 Å². The van der Waals surface area contributed by atoms with Crippen LogP contribution in [0.15, 0.2) is 0 Å². The lowest BCUT2D eigenvalue weighted by molar-refractivity contribution is 0.382. The standard InChI is InChI=1S/C16H35N/c1-5-8-9-12-15(4)13-17-14-16(10-6-2)11-7-3/h15-17H,5-14H2,1-4H3. The van der Waals surface area contributed by atoms with Crippen molar-refractivity contribution in [1.29, 1.82) is 0 Å². The number of hydrogen-bond acceptors (Lipinski definition) is 1. The number of rotatable bonds is 12. The molecule has 0 bridgehead atoms. The van der Waals surface area contributed by atoms with E-state index in [0.29, 0.717) is 0 Å². The van der Waals surface area contributed by atoms with Gasteiger partial charge < -0.3 is 5.32 Å². The van der Waals surface area contributed by atoms with Gasteiger partial charge >= 0.3 is 0 Å². The van der Waals surface area contributed by atoms with Gasteiger partial charge in [0.25, 0.3) is 0 Å². The number of hydrogen-bond donors (Lipinski definition) is 1. The van der Waals surface area contributed by atoms with Gasteiger partial charge in [0.1, 0.15) is 0 Å². The van der Waals surface area contributed by atoms with E-state index in [4.69, 9.17) is 0 Å². The maximum atomic E-state index is 3.68. The van der Waals surface area contributed by atoms with Crippen LogP contribution in [-0.2, 0) is 0 Å². The highest BCUT2D eigenvalue weighted by Crippen LogP contribution is 2.13. The van der Waals surface area contributed by atoms with E-state index in [-0.39, 0.29) is 0 Å². The van der Waals surface area contributed by atoms with E-state index in [1.54, 1.807) is 0 Å². The van der Waals surface area contributed by atoms with Gasteiger partial charge in [-0.2, -0.15) is 0 Å². The molecule has 0 aromatic carbocycles. The molecule has 0 radical (unpaired) electrons. The van der Waals surface area contributed by atoms with Gasteiger partial charge in [-0.25, -0.2) is 0 Å². The Kier molecular flexibility index (Phi) is 12.4. The van der Waals surface area contributed by atoms with Gasteiger partial charge in [-0.15, -0.1) is 0 Å². The molecule has 1 heteroatoms. The molecule has 0 aliphatic heterocycles. The van der Waals surface area contributed by atoms with Gasteiger partial charge in [0.15, 0.2) is 0 Å². The molecule has 0 aromatic rings. The van der Waals surface area contributed by atoms with Crippen molar-refractivity contribution in [2.24, 2.45) is 11.8 Å². The summed E-state index contributed by atoms with van der Waals surface area (Å²) in [5.41, 5.74) is 0.